The molecule has 1 aliphatic heterocycles. The van der Waals surface area contributed by atoms with E-state index in [2.05, 4.69) is 6.07 Å². The Morgan fingerprint density at radius 2 is 1.70 bits per heavy atom. The van der Waals surface area contributed by atoms with Gasteiger partial charge in [-0.1, -0.05) is 77.6 Å². The molecule has 0 aliphatic carbocycles. The summed E-state index contributed by atoms with van der Waals surface area (Å²) in [6.07, 6.45) is 1.82. The molecule has 0 fully saturated rings. The van der Waals surface area contributed by atoms with Crippen LogP contribution in [0.4, 0.5) is 0 Å². The molecule has 8 heteroatoms. The first-order valence-corrected chi connectivity index (χ1v) is 15.1. The number of hydrogen-bond acceptors (Lipinski definition) is 7. The highest BCUT2D eigenvalue weighted by atomic mass is 32.1. The van der Waals surface area contributed by atoms with Crippen LogP contribution in [0.15, 0.2) is 99.9 Å². The van der Waals surface area contributed by atoms with Gasteiger partial charge in [0.05, 0.1) is 24.8 Å². The Hall–Kier alpha value is -4.95. The number of thiazole rings is 1. The summed E-state index contributed by atoms with van der Waals surface area (Å²) in [5.41, 5.74) is 4.58. The lowest BCUT2D eigenvalue weighted by molar-refractivity contribution is -0.114. The Balaban J connectivity index is 1.46. The Morgan fingerprint density at radius 1 is 0.932 bits per heavy atom. The number of aromatic nitrogens is 1. The van der Waals surface area contributed by atoms with Gasteiger partial charge < -0.3 is 14.2 Å². The number of carbonyl (C=O) groups excluding carboxylic acids is 1. The first kappa shape index (κ1) is 29.1. The van der Waals surface area contributed by atoms with Crippen molar-refractivity contribution in [3.05, 3.63) is 132 Å². The topological polar surface area (TPSA) is 79.1 Å². The van der Waals surface area contributed by atoms with Gasteiger partial charge in [-0.3, -0.25) is 14.2 Å². The second kappa shape index (κ2) is 12.0. The summed E-state index contributed by atoms with van der Waals surface area (Å²) in [5.74, 6) is 1.62. The molecule has 44 heavy (non-hydrogen) atoms. The number of fused-ring (bicyclic) bond motifs is 2. The number of benzene rings is 4. The van der Waals surface area contributed by atoms with Crippen molar-refractivity contribution < 1.29 is 19.0 Å². The first-order valence-electron chi connectivity index (χ1n) is 14.2. The van der Waals surface area contributed by atoms with Crippen molar-refractivity contribution >= 4 is 34.0 Å². The van der Waals surface area contributed by atoms with Gasteiger partial charge in [0.1, 0.15) is 12.4 Å². The molecule has 0 amide bonds. The number of allylic oxidation sites excluding steroid dienone is 2. The maximum atomic E-state index is 14.2. The van der Waals surface area contributed by atoms with Crippen molar-refractivity contribution in [2.45, 2.75) is 33.4 Å². The van der Waals surface area contributed by atoms with Crippen LogP contribution in [0.25, 0.3) is 16.8 Å². The largest absolute Gasteiger partial charge is 0.496 e. The van der Waals surface area contributed by atoms with Crippen molar-refractivity contribution in [1.82, 2.24) is 4.57 Å². The lowest BCUT2D eigenvalue weighted by Gasteiger charge is -2.27. The number of carbonyl (C=O) groups is 1. The molecule has 0 saturated heterocycles. The van der Waals surface area contributed by atoms with E-state index in [0.29, 0.717) is 44.5 Å². The van der Waals surface area contributed by atoms with Crippen LogP contribution in [0.5, 0.6) is 17.2 Å². The van der Waals surface area contributed by atoms with Crippen LogP contribution < -0.4 is 29.1 Å². The number of ketones is 1. The fraction of sp³-hybridized carbons (Fsp3) is 0.194. The Kier molecular flexibility index (Phi) is 7.93. The van der Waals surface area contributed by atoms with Gasteiger partial charge in [-0.15, -0.1) is 0 Å². The van der Waals surface area contributed by atoms with E-state index in [1.54, 1.807) is 18.8 Å². The van der Waals surface area contributed by atoms with E-state index in [1.807, 2.05) is 92.7 Å². The Morgan fingerprint density at radius 3 is 2.45 bits per heavy atom. The standard InChI is InChI=1S/C36H32N2O5S/c1-21-9-8-10-25(17-21)20-43-28-15-13-24(18-30(28)42-5)19-31-35(40)38-34(32(23(3)39)22(2)37-36(38)44-31)33-27-12-7-6-11-26(27)14-16-29(33)41-4/h6-19,34H,20H2,1-5H3/b31-19-. The molecule has 1 atom stereocenters. The fourth-order valence-electron chi connectivity index (χ4n) is 5.79. The first-order chi connectivity index (χ1) is 21.3. The third kappa shape index (κ3) is 5.33. The minimum Gasteiger partial charge on any atom is -0.496 e. The molecular formula is C36H32N2O5S. The average molecular weight is 605 g/mol. The second-order valence-electron chi connectivity index (χ2n) is 10.7. The third-order valence-corrected chi connectivity index (χ3v) is 8.77. The van der Waals surface area contributed by atoms with Crippen molar-refractivity contribution in [1.29, 1.82) is 0 Å². The minimum absolute atomic E-state index is 0.147. The molecule has 2 heterocycles. The van der Waals surface area contributed by atoms with Gasteiger partial charge in [-0.2, -0.15) is 0 Å². The number of Topliss-reactive ketones (excluding diaryl/α,β-unsaturated/α-hetero) is 1. The number of aryl methyl sites for hydroxylation is 1. The van der Waals surface area contributed by atoms with E-state index < -0.39 is 6.04 Å². The predicted octanol–water partition coefficient (Wildman–Crippen LogP) is 5.88. The monoisotopic (exact) mass is 604 g/mol. The maximum absolute atomic E-state index is 14.2. The molecular weight excluding hydrogens is 572 g/mol. The van der Waals surface area contributed by atoms with E-state index >= 15 is 0 Å². The number of methoxy groups -OCH3 is 2. The van der Waals surface area contributed by atoms with Gasteiger partial charge in [-0.05, 0) is 66.9 Å². The van der Waals surface area contributed by atoms with E-state index in [1.165, 1.54) is 23.8 Å². The van der Waals surface area contributed by atoms with Crippen molar-refractivity contribution in [2.24, 2.45) is 4.99 Å². The highest BCUT2D eigenvalue weighted by molar-refractivity contribution is 7.07. The summed E-state index contributed by atoms with van der Waals surface area (Å²) < 4.78 is 19.6. The molecule has 1 aromatic heterocycles. The van der Waals surface area contributed by atoms with E-state index in [4.69, 9.17) is 19.2 Å². The highest BCUT2D eigenvalue weighted by Gasteiger charge is 2.33. The van der Waals surface area contributed by atoms with Crippen LogP contribution in [-0.2, 0) is 11.4 Å². The lowest BCUT2D eigenvalue weighted by Crippen LogP contribution is -2.39. The van der Waals surface area contributed by atoms with Gasteiger partial charge in [0, 0.05) is 16.8 Å². The van der Waals surface area contributed by atoms with Gasteiger partial charge >= 0.3 is 0 Å². The summed E-state index contributed by atoms with van der Waals surface area (Å²) in [5, 5.41) is 1.89. The van der Waals surface area contributed by atoms with Crippen molar-refractivity contribution in [2.75, 3.05) is 14.2 Å². The SMILES string of the molecule is COc1cc(/C=c2\sc3n(c2=O)C(c2c(OC)ccc4ccccc24)C(C(C)=O)=C(C)N=3)ccc1OCc1cccc(C)c1. The zero-order chi connectivity index (χ0) is 31.0. The molecule has 0 bridgehead atoms. The number of nitrogens with zero attached hydrogens (tertiary/aromatic N) is 2. The summed E-state index contributed by atoms with van der Waals surface area (Å²) in [7, 11) is 3.19. The minimum atomic E-state index is -0.695. The molecule has 1 unspecified atom stereocenters. The van der Waals surface area contributed by atoms with Crippen LogP contribution in [0.3, 0.4) is 0 Å². The van der Waals surface area contributed by atoms with Gasteiger partial charge in [0.2, 0.25) is 0 Å². The van der Waals surface area contributed by atoms with Crippen molar-refractivity contribution in [3.63, 3.8) is 0 Å². The number of hydrogen-bond donors (Lipinski definition) is 0. The summed E-state index contributed by atoms with van der Waals surface area (Å²) in [4.78, 5) is 32.5. The van der Waals surface area contributed by atoms with E-state index in [-0.39, 0.29) is 11.3 Å². The maximum Gasteiger partial charge on any atom is 0.271 e. The quantitative estimate of drug-likeness (QED) is 0.221. The van der Waals surface area contributed by atoms with E-state index in [0.717, 1.165) is 27.5 Å². The van der Waals surface area contributed by atoms with Gasteiger partial charge in [-0.25, -0.2) is 4.99 Å². The second-order valence-corrected chi connectivity index (χ2v) is 11.7. The van der Waals surface area contributed by atoms with E-state index in [9.17, 15) is 9.59 Å². The third-order valence-electron chi connectivity index (χ3n) is 7.79. The average Bonchev–Trinajstić information content (AvgIpc) is 3.32. The molecule has 1 aliphatic rings. The Labute approximate surface area is 259 Å². The highest BCUT2D eigenvalue weighted by Crippen LogP contribution is 2.40. The van der Waals surface area contributed by atoms with Crippen LogP contribution >= 0.6 is 11.3 Å². The summed E-state index contributed by atoms with van der Waals surface area (Å²) in [6, 6.07) is 24.8. The zero-order valence-corrected chi connectivity index (χ0v) is 26.0. The molecule has 0 spiro atoms. The molecule has 222 valence electrons. The normalized spacial score (nSPS) is 14.8. The van der Waals surface area contributed by atoms with Crippen LogP contribution in [-0.4, -0.2) is 24.6 Å². The van der Waals surface area contributed by atoms with Crippen LogP contribution in [0.2, 0.25) is 0 Å². The molecule has 6 rings (SSSR count). The van der Waals surface area contributed by atoms with Gasteiger partial charge in [0.25, 0.3) is 5.56 Å². The predicted molar refractivity (Wildman–Crippen MR) is 173 cm³/mol. The number of rotatable bonds is 8. The van der Waals surface area contributed by atoms with Crippen molar-refractivity contribution in [3.8, 4) is 17.2 Å². The fourth-order valence-corrected chi connectivity index (χ4v) is 6.83. The molecule has 7 nitrogen and oxygen atoms in total. The lowest BCUT2D eigenvalue weighted by atomic mass is 9.89. The summed E-state index contributed by atoms with van der Waals surface area (Å²) >= 11 is 1.29. The van der Waals surface area contributed by atoms with Crippen LogP contribution in [0, 0.1) is 6.92 Å². The molecule has 0 radical (unpaired) electrons. The van der Waals surface area contributed by atoms with Gasteiger partial charge in [0.15, 0.2) is 22.1 Å². The van der Waals surface area contributed by atoms with Crippen LogP contribution in [0.1, 0.15) is 42.1 Å². The molecule has 0 N–H and O–H groups in total. The molecule has 5 aromatic rings. The zero-order valence-electron chi connectivity index (χ0n) is 25.2. The summed E-state index contributed by atoms with van der Waals surface area (Å²) in [6.45, 7) is 5.79. The number of ether oxygens (including phenoxy) is 3. The smallest absolute Gasteiger partial charge is 0.271 e. The molecule has 4 aromatic carbocycles. The molecule has 0 saturated carbocycles. The Bertz CT molecular complexity index is 2140.